The van der Waals surface area contributed by atoms with Crippen molar-refractivity contribution in [3.8, 4) is 18.1 Å². The van der Waals surface area contributed by atoms with E-state index >= 15 is 0 Å². The molecular formula is C27H36O2. The number of terminal acetylenes is 1. The van der Waals surface area contributed by atoms with Crippen LogP contribution < -0.4 is 4.74 Å². The van der Waals surface area contributed by atoms with Gasteiger partial charge in [-0.1, -0.05) is 37.5 Å². The average molecular weight is 393 g/mol. The van der Waals surface area contributed by atoms with Crippen molar-refractivity contribution in [3.05, 3.63) is 42.5 Å². The van der Waals surface area contributed by atoms with Crippen LogP contribution in [0.25, 0.3) is 0 Å². The minimum Gasteiger partial charge on any atom is -0.426 e. The van der Waals surface area contributed by atoms with Crippen molar-refractivity contribution in [1.29, 1.82) is 0 Å². The first-order valence-corrected chi connectivity index (χ1v) is 11.5. The maximum atomic E-state index is 12.6. The lowest BCUT2D eigenvalue weighted by atomic mass is 9.67. The highest BCUT2D eigenvalue weighted by atomic mass is 16.5. The van der Waals surface area contributed by atoms with Gasteiger partial charge in [0.05, 0.1) is 11.3 Å². The molecule has 0 saturated heterocycles. The highest BCUT2D eigenvalue weighted by Crippen LogP contribution is 2.42. The van der Waals surface area contributed by atoms with E-state index < -0.39 is 0 Å². The van der Waals surface area contributed by atoms with Gasteiger partial charge in [-0.05, 0) is 93.7 Å². The molecule has 2 saturated carbocycles. The highest BCUT2D eigenvalue weighted by Gasteiger charge is 2.35. The van der Waals surface area contributed by atoms with E-state index in [9.17, 15) is 4.79 Å². The van der Waals surface area contributed by atoms with Crippen molar-refractivity contribution in [3.63, 3.8) is 0 Å². The van der Waals surface area contributed by atoms with Gasteiger partial charge in [0, 0.05) is 0 Å². The molecule has 156 valence electrons. The largest absolute Gasteiger partial charge is 0.426 e. The number of benzene rings is 1. The number of ether oxygens (including phenoxy) is 1. The molecule has 1 aromatic rings. The van der Waals surface area contributed by atoms with Crippen LogP contribution in [-0.4, -0.2) is 5.97 Å². The normalized spacial score (nSPS) is 29.6. The smallest absolute Gasteiger partial charge is 0.314 e. The lowest BCUT2D eigenvalue weighted by molar-refractivity contribution is -0.140. The Bertz CT molecular complexity index is 708. The predicted octanol–water partition coefficient (Wildman–Crippen LogP) is 6.84. The fraction of sp³-hybridized carbons (Fsp3) is 0.593. The number of carbonyl (C=O) groups is 1. The molecule has 0 aliphatic heterocycles. The zero-order chi connectivity index (χ0) is 20.7. The highest BCUT2D eigenvalue weighted by molar-refractivity contribution is 5.75. The molecule has 0 atom stereocenters. The minimum atomic E-state index is -0.155. The summed E-state index contributed by atoms with van der Waals surface area (Å²) in [6, 6.07) is 7.99. The molecule has 2 fully saturated rings. The molecular weight excluding hydrogens is 356 g/mol. The van der Waals surface area contributed by atoms with E-state index in [1.807, 2.05) is 18.2 Å². The Morgan fingerprint density at radius 2 is 1.79 bits per heavy atom. The van der Waals surface area contributed by atoms with Gasteiger partial charge in [0.2, 0.25) is 0 Å². The molecule has 0 heterocycles. The fourth-order valence-electron chi connectivity index (χ4n) is 5.18. The second kappa shape index (κ2) is 10.1. The molecule has 0 amide bonds. The molecule has 0 bridgehead atoms. The quantitative estimate of drug-likeness (QED) is 0.220. The molecule has 2 aliphatic carbocycles. The predicted molar refractivity (Wildman–Crippen MR) is 120 cm³/mol. The Balaban J connectivity index is 1.55. The standard InChI is InChI=1S/C27H36O2/c1-4-7-8-22-9-11-23(12-10-22)26(28)29-25-15-13-24(14-16-25)27(6-3)19-17-21(5-2)18-20-27/h3-4,13-16,21-23H,1,5,7-12,17-20H2,2H3/t21?,22-,23-,27?. The van der Waals surface area contributed by atoms with Crippen LogP contribution in [0.4, 0.5) is 0 Å². The second-order valence-electron chi connectivity index (χ2n) is 9.11. The number of rotatable bonds is 7. The van der Waals surface area contributed by atoms with Gasteiger partial charge in [0.1, 0.15) is 5.75 Å². The number of hydrogen-bond acceptors (Lipinski definition) is 2. The summed E-state index contributed by atoms with van der Waals surface area (Å²) in [5.41, 5.74) is 1.04. The molecule has 0 spiro atoms. The Hall–Kier alpha value is -2.01. The zero-order valence-corrected chi connectivity index (χ0v) is 18.0. The Morgan fingerprint density at radius 1 is 1.14 bits per heavy atom. The Kier molecular flexibility index (Phi) is 7.59. The SMILES string of the molecule is C#CC1(c2ccc(OC(=O)[C@H]3CC[C@H](CCC=C)CC3)cc2)CCC(CC)CC1. The van der Waals surface area contributed by atoms with Crippen molar-refractivity contribution in [1.82, 2.24) is 0 Å². The number of esters is 1. The molecule has 2 aliphatic rings. The van der Waals surface area contributed by atoms with Crippen molar-refractivity contribution < 1.29 is 9.53 Å². The fourth-order valence-corrected chi connectivity index (χ4v) is 5.18. The molecule has 0 aromatic heterocycles. The summed E-state index contributed by atoms with van der Waals surface area (Å²) in [7, 11) is 0. The third-order valence-electron chi connectivity index (χ3n) is 7.40. The topological polar surface area (TPSA) is 26.3 Å². The summed E-state index contributed by atoms with van der Waals surface area (Å²) in [5.74, 6) is 5.24. The van der Waals surface area contributed by atoms with Crippen LogP contribution >= 0.6 is 0 Å². The maximum absolute atomic E-state index is 12.6. The van der Waals surface area contributed by atoms with Crippen molar-refractivity contribution in [2.45, 2.75) is 83.0 Å². The maximum Gasteiger partial charge on any atom is 0.314 e. The molecule has 0 unspecified atom stereocenters. The first-order chi connectivity index (χ1) is 14.1. The van der Waals surface area contributed by atoms with Crippen LogP contribution in [0, 0.1) is 30.1 Å². The molecule has 0 N–H and O–H groups in total. The minimum absolute atomic E-state index is 0.0380. The van der Waals surface area contributed by atoms with Gasteiger partial charge < -0.3 is 4.74 Å². The number of carbonyl (C=O) groups excluding carboxylic acids is 1. The Labute approximate surface area is 177 Å². The van der Waals surface area contributed by atoms with E-state index in [4.69, 9.17) is 11.2 Å². The first-order valence-electron chi connectivity index (χ1n) is 11.5. The molecule has 3 rings (SSSR count). The monoisotopic (exact) mass is 392 g/mol. The van der Waals surface area contributed by atoms with Crippen molar-refractivity contribution >= 4 is 5.97 Å². The first kappa shape index (κ1) is 21.7. The average Bonchev–Trinajstić information content (AvgIpc) is 2.78. The van der Waals surface area contributed by atoms with E-state index in [1.54, 1.807) is 0 Å². The summed E-state index contributed by atoms with van der Waals surface area (Å²) in [6.07, 6.45) is 20.1. The Morgan fingerprint density at radius 3 is 2.34 bits per heavy atom. The second-order valence-corrected chi connectivity index (χ2v) is 9.11. The summed E-state index contributed by atoms with van der Waals surface area (Å²) in [4.78, 5) is 12.6. The van der Waals surface area contributed by atoms with Gasteiger partial charge in [-0.15, -0.1) is 13.0 Å². The number of allylic oxidation sites excluding steroid dienone is 1. The third-order valence-corrected chi connectivity index (χ3v) is 7.40. The number of hydrogen-bond donors (Lipinski definition) is 0. The molecule has 2 heteroatoms. The van der Waals surface area contributed by atoms with Gasteiger partial charge in [0.15, 0.2) is 0 Å². The van der Waals surface area contributed by atoms with Gasteiger partial charge >= 0.3 is 5.97 Å². The molecule has 2 nitrogen and oxygen atoms in total. The van der Waals surface area contributed by atoms with Gasteiger partial charge in [-0.25, -0.2) is 0 Å². The summed E-state index contributed by atoms with van der Waals surface area (Å²) < 4.78 is 5.71. The lowest BCUT2D eigenvalue weighted by Crippen LogP contribution is -2.30. The molecule has 1 aromatic carbocycles. The zero-order valence-electron chi connectivity index (χ0n) is 18.0. The van der Waals surface area contributed by atoms with Crippen molar-refractivity contribution in [2.75, 3.05) is 0 Å². The summed E-state index contributed by atoms with van der Waals surface area (Å²) in [6.45, 7) is 6.07. The third kappa shape index (κ3) is 5.33. The summed E-state index contributed by atoms with van der Waals surface area (Å²) >= 11 is 0. The van der Waals surface area contributed by atoms with Crippen LogP contribution in [0.3, 0.4) is 0 Å². The van der Waals surface area contributed by atoms with E-state index in [0.29, 0.717) is 5.75 Å². The van der Waals surface area contributed by atoms with Gasteiger partial charge in [0.25, 0.3) is 0 Å². The molecule has 29 heavy (non-hydrogen) atoms. The van der Waals surface area contributed by atoms with E-state index in [1.165, 1.54) is 31.2 Å². The van der Waals surface area contributed by atoms with Crippen molar-refractivity contribution in [2.24, 2.45) is 17.8 Å². The van der Waals surface area contributed by atoms with Crippen LogP contribution in [-0.2, 0) is 10.2 Å². The van der Waals surface area contributed by atoms with Gasteiger partial charge in [-0.3, -0.25) is 4.79 Å². The van der Waals surface area contributed by atoms with Crippen LogP contribution in [0.1, 0.15) is 83.1 Å². The van der Waals surface area contributed by atoms with E-state index in [2.05, 4.69) is 31.6 Å². The lowest BCUT2D eigenvalue weighted by Gasteiger charge is -2.36. The van der Waals surface area contributed by atoms with E-state index in [-0.39, 0.29) is 17.3 Å². The van der Waals surface area contributed by atoms with Crippen LogP contribution in [0.2, 0.25) is 0 Å². The molecule has 0 radical (unpaired) electrons. The van der Waals surface area contributed by atoms with Gasteiger partial charge in [-0.2, -0.15) is 0 Å². The van der Waals surface area contributed by atoms with Crippen LogP contribution in [0.15, 0.2) is 36.9 Å². The van der Waals surface area contributed by atoms with Crippen LogP contribution in [0.5, 0.6) is 5.75 Å². The van der Waals surface area contributed by atoms with E-state index in [0.717, 1.165) is 56.8 Å². The summed E-state index contributed by atoms with van der Waals surface area (Å²) in [5, 5.41) is 0.